The Kier molecular flexibility index (Phi) is 5.88. The van der Waals surface area contributed by atoms with E-state index in [-0.39, 0.29) is 13.1 Å². The summed E-state index contributed by atoms with van der Waals surface area (Å²) in [6, 6.07) is 13.1. The molecule has 2 aromatic carbocycles. The Bertz CT molecular complexity index is 1020. The maximum Gasteiger partial charge on any atom is 0.246 e. The molecule has 0 aliphatic heterocycles. The van der Waals surface area contributed by atoms with E-state index < -0.39 is 26.6 Å². The average molecular weight is 409 g/mol. The lowest BCUT2D eigenvalue weighted by atomic mass is 10.2. The highest BCUT2D eigenvalue weighted by molar-refractivity contribution is 7.89. The molecule has 0 radical (unpaired) electrons. The maximum atomic E-state index is 14.2. The minimum absolute atomic E-state index is 0.0128. The first-order valence-electron chi connectivity index (χ1n) is 8.01. The van der Waals surface area contributed by atoms with Crippen molar-refractivity contribution < 1.29 is 21.9 Å². The number of thiophene rings is 1. The van der Waals surface area contributed by atoms with E-state index in [9.17, 15) is 17.2 Å². The second-order valence-corrected chi connectivity index (χ2v) is 8.68. The van der Waals surface area contributed by atoms with Crippen LogP contribution in [-0.2, 0) is 23.1 Å². The van der Waals surface area contributed by atoms with Crippen LogP contribution in [0.15, 0.2) is 64.9 Å². The summed E-state index contributed by atoms with van der Waals surface area (Å²) in [7, 11) is -2.71. The molecule has 4 nitrogen and oxygen atoms in total. The van der Waals surface area contributed by atoms with Gasteiger partial charge in [0, 0.05) is 29.6 Å². The van der Waals surface area contributed by atoms with Crippen LogP contribution in [-0.4, -0.2) is 19.8 Å². The lowest BCUT2D eigenvalue weighted by Crippen LogP contribution is -2.30. The Hall–Kier alpha value is -2.29. The smallest absolute Gasteiger partial charge is 0.246 e. The van der Waals surface area contributed by atoms with Crippen molar-refractivity contribution in [3.05, 3.63) is 82.1 Å². The Balaban J connectivity index is 2.03. The first kappa shape index (κ1) is 19.5. The van der Waals surface area contributed by atoms with Crippen molar-refractivity contribution in [2.75, 3.05) is 7.11 Å². The Morgan fingerprint density at radius 1 is 1.04 bits per heavy atom. The molecule has 3 rings (SSSR count). The lowest BCUT2D eigenvalue weighted by molar-refractivity contribution is 0.375. The molecule has 0 fully saturated rings. The van der Waals surface area contributed by atoms with Crippen LogP contribution in [0.3, 0.4) is 0 Å². The van der Waals surface area contributed by atoms with Crippen molar-refractivity contribution in [2.24, 2.45) is 0 Å². The topological polar surface area (TPSA) is 46.6 Å². The Morgan fingerprint density at radius 2 is 1.81 bits per heavy atom. The standard InChI is InChI=1S/C19H17F2NO3S2/c1-25-18-7-3-2-5-14(18)12-22(13-16-6-4-10-26-16)27(23,24)19-9-8-15(20)11-17(19)21/h2-11H,12-13H2,1H3. The van der Waals surface area contributed by atoms with Gasteiger partial charge in [0.25, 0.3) is 0 Å². The molecule has 0 bridgehead atoms. The fourth-order valence-electron chi connectivity index (χ4n) is 2.65. The summed E-state index contributed by atoms with van der Waals surface area (Å²) in [6.07, 6.45) is 0. The highest BCUT2D eigenvalue weighted by Crippen LogP contribution is 2.27. The van der Waals surface area contributed by atoms with Crippen LogP contribution in [0.5, 0.6) is 5.75 Å². The first-order valence-corrected chi connectivity index (χ1v) is 10.3. The number of nitrogens with zero attached hydrogens (tertiary/aromatic N) is 1. The molecule has 0 atom stereocenters. The predicted molar refractivity (Wildman–Crippen MR) is 100 cm³/mol. The maximum absolute atomic E-state index is 14.2. The summed E-state index contributed by atoms with van der Waals surface area (Å²) in [5, 5.41) is 1.84. The third kappa shape index (κ3) is 4.35. The molecular weight excluding hydrogens is 392 g/mol. The van der Waals surface area contributed by atoms with Gasteiger partial charge in [-0.05, 0) is 29.6 Å². The van der Waals surface area contributed by atoms with Crippen molar-refractivity contribution in [3.8, 4) is 5.75 Å². The van der Waals surface area contributed by atoms with Gasteiger partial charge in [0.1, 0.15) is 22.3 Å². The third-order valence-electron chi connectivity index (χ3n) is 3.96. The van der Waals surface area contributed by atoms with Gasteiger partial charge in [0.15, 0.2) is 0 Å². The van der Waals surface area contributed by atoms with E-state index in [1.165, 1.54) is 18.4 Å². The first-order chi connectivity index (χ1) is 12.9. The van der Waals surface area contributed by atoms with E-state index in [2.05, 4.69) is 0 Å². The zero-order valence-electron chi connectivity index (χ0n) is 14.4. The summed E-state index contributed by atoms with van der Waals surface area (Å²) < 4.78 is 60.1. The lowest BCUT2D eigenvalue weighted by Gasteiger charge is -2.23. The average Bonchev–Trinajstić information content (AvgIpc) is 3.14. The molecule has 0 saturated carbocycles. The molecule has 8 heteroatoms. The van der Waals surface area contributed by atoms with Crippen LogP contribution >= 0.6 is 11.3 Å². The molecule has 27 heavy (non-hydrogen) atoms. The van der Waals surface area contributed by atoms with Crippen LogP contribution in [0.4, 0.5) is 8.78 Å². The second kappa shape index (κ2) is 8.16. The number of para-hydroxylation sites is 1. The number of hydrogen-bond acceptors (Lipinski definition) is 4. The highest BCUT2D eigenvalue weighted by Gasteiger charge is 2.29. The van der Waals surface area contributed by atoms with Gasteiger partial charge in [-0.2, -0.15) is 4.31 Å². The minimum Gasteiger partial charge on any atom is -0.496 e. The molecule has 0 spiro atoms. The zero-order valence-corrected chi connectivity index (χ0v) is 16.1. The second-order valence-electron chi connectivity index (χ2n) is 5.74. The molecule has 0 aliphatic rings. The third-order valence-corrected chi connectivity index (χ3v) is 6.65. The molecule has 142 valence electrons. The van der Waals surface area contributed by atoms with E-state index in [0.29, 0.717) is 17.4 Å². The quantitative estimate of drug-likeness (QED) is 0.580. The largest absolute Gasteiger partial charge is 0.496 e. The van der Waals surface area contributed by atoms with E-state index >= 15 is 0 Å². The molecular formula is C19H17F2NO3S2. The monoisotopic (exact) mass is 409 g/mol. The predicted octanol–water partition coefficient (Wildman–Crippen LogP) is 4.43. The number of benzene rings is 2. The van der Waals surface area contributed by atoms with Gasteiger partial charge >= 0.3 is 0 Å². The summed E-state index contributed by atoms with van der Waals surface area (Å²) in [6.45, 7) is 0.0515. The summed E-state index contributed by atoms with van der Waals surface area (Å²) in [5.74, 6) is -1.42. The highest BCUT2D eigenvalue weighted by atomic mass is 32.2. The molecule has 0 amide bonds. The zero-order chi connectivity index (χ0) is 19.4. The van der Waals surface area contributed by atoms with Gasteiger partial charge in [-0.15, -0.1) is 11.3 Å². The molecule has 0 saturated heterocycles. The fourth-order valence-corrected chi connectivity index (χ4v) is 4.89. The van der Waals surface area contributed by atoms with E-state index in [0.717, 1.165) is 21.3 Å². The molecule has 0 aliphatic carbocycles. The number of sulfonamides is 1. The van der Waals surface area contributed by atoms with Crippen molar-refractivity contribution in [2.45, 2.75) is 18.0 Å². The van der Waals surface area contributed by atoms with Crippen LogP contribution in [0.25, 0.3) is 0 Å². The summed E-state index contributed by atoms with van der Waals surface area (Å²) >= 11 is 1.40. The van der Waals surface area contributed by atoms with E-state index in [1.54, 1.807) is 30.3 Å². The SMILES string of the molecule is COc1ccccc1CN(Cc1cccs1)S(=O)(=O)c1ccc(F)cc1F. The van der Waals surface area contributed by atoms with Crippen molar-refractivity contribution in [1.29, 1.82) is 0 Å². The van der Waals surface area contributed by atoms with E-state index in [4.69, 9.17) is 4.74 Å². The van der Waals surface area contributed by atoms with Gasteiger partial charge in [0.05, 0.1) is 7.11 Å². The fraction of sp³-hybridized carbons (Fsp3) is 0.158. The molecule has 0 N–H and O–H groups in total. The van der Waals surface area contributed by atoms with Crippen LogP contribution in [0.2, 0.25) is 0 Å². The van der Waals surface area contributed by atoms with Crippen molar-refractivity contribution in [3.63, 3.8) is 0 Å². The van der Waals surface area contributed by atoms with Gasteiger partial charge < -0.3 is 4.74 Å². The van der Waals surface area contributed by atoms with Gasteiger partial charge in [0.2, 0.25) is 10.0 Å². The molecule has 1 heterocycles. The Labute approximate surface area is 160 Å². The van der Waals surface area contributed by atoms with Crippen molar-refractivity contribution >= 4 is 21.4 Å². The summed E-state index contributed by atoms with van der Waals surface area (Å²) in [4.78, 5) is 0.242. The summed E-state index contributed by atoms with van der Waals surface area (Å²) in [5.41, 5.74) is 0.641. The number of rotatable bonds is 7. The van der Waals surface area contributed by atoms with Crippen LogP contribution in [0.1, 0.15) is 10.4 Å². The normalized spacial score (nSPS) is 11.7. The van der Waals surface area contributed by atoms with Gasteiger partial charge in [-0.1, -0.05) is 24.3 Å². The molecule has 3 aromatic rings. The van der Waals surface area contributed by atoms with Crippen LogP contribution in [0, 0.1) is 11.6 Å². The number of halogens is 2. The Morgan fingerprint density at radius 3 is 2.48 bits per heavy atom. The molecule has 1 aromatic heterocycles. The van der Waals surface area contributed by atoms with Crippen LogP contribution < -0.4 is 4.74 Å². The number of methoxy groups -OCH3 is 1. The number of ether oxygens (including phenoxy) is 1. The van der Waals surface area contributed by atoms with Gasteiger partial charge in [-0.3, -0.25) is 0 Å². The molecule has 0 unspecified atom stereocenters. The van der Waals surface area contributed by atoms with Crippen molar-refractivity contribution in [1.82, 2.24) is 4.31 Å². The number of hydrogen-bond donors (Lipinski definition) is 0. The van der Waals surface area contributed by atoms with Gasteiger partial charge in [-0.25, -0.2) is 17.2 Å². The minimum atomic E-state index is -4.20. The van der Waals surface area contributed by atoms with E-state index in [1.807, 2.05) is 11.4 Å².